The molecule has 0 aliphatic heterocycles. The van der Waals surface area contributed by atoms with Crippen LogP contribution in [0.3, 0.4) is 0 Å². The zero-order valence-electron chi connectivity index (χ0n) is 11.9. The molecule has 2 heterocycles. The SMILES string of the molecule is CC(C)c1ccnc(C(=O)c2cc3ccc(Cl)cc3[nH]2)c1. The Morgan fingerprint density at radius 2 is 2.00 bits per heavy atom. The fourth-order valence-electron chi connectivity index (χ4n) is 2.29. The molecule has 0 saturated carbocycles. The van der Waals surface area contributed by atoms with Gasteiger partial charge >= 0.3 is 0 Å². The molecule has 0 saturated heterocycles. The number of hydrogen-bond acceptors (Lipinski definition) is 2. The number of hydrogen-bond donors (Lipinski definition) is 1. The van der Waals surface area contributed by atoms with Gasteiger partial charge in [0.15, 0.2) is 0 Å². The normalized spacial score (nSPS) is 11.2. The first-order valence-electron chi connectivity index (χ1n) is 6.83. The second-order valence-corrected chi connectivity index (χ2v) is 5.81. The van der Waals surface area contributed by atoms with Gasteiger partial charge in [0.05, 0.1) is 5.69 Å². The highest BCUT2D eigenvalue weighted by atomic mass is 35.5. The molecule has 0 aliphatic rings. The molecule has 1 aromatic carbocycles. The Labute approximate surface area is 128 Å². The number of carbonyl (C=O) groups excluding carboxylic acids is 1. The molecule has 4 heteroatoms. The van der Waals surface area contributed by atoms with Gasteiger partial charge in [-0.05, 0) is 41.8 Å². The fourth-order valence-corrected chi connectivity index (χ4v) is 2.46. The van der Waals surface area contributed by atoms with Crippen molar-refractivity contribution in [3.63, 3.8) is 0 Å². The average Bonchev–Trinajstić information content (AvgIpc) is 2.89. The Kier molecular flexibility index (Phi) is 3.52. The van der Waals surface area contributed by atoms with Crippen molar-refractivity contribution in [2.45, 2.75) is 19.8 Å². The van der Waals surface area contributed by atoms with E-state index in [0.29, 0.717) is 22.3 Å². The number of halogens is 1. The highest BCUT2D eigenvalue weighted by Crippen LogP contribution is 2.22. The van der Waals surface area contributed by atoms with E-state index < -0.39 is 0 Å². The Morgan fingerprint density at radius 1 is 1.19 bits per heavy atom. The lowest BCUT2D eigenvalue weighted by Gasteiger charge is -2.06. The Balaban J connectivity index is 2.01. The number of ketones is 1. The van der Waals surface area contributed by atoms with Crippen LogP contribution < -0.4 is 0 Å². The fraction of sp³-hybridized carbons (Fsp3) is 0.176. The molecule has 21 heavy (non-hydrogen) atoms. The Morgan fingerprint density at radius 3 is 2.76 bits per heavy atom. The average molecular weight is 299 g/mol. The molecule has 3 nitrogen and oxygen atoms in total. The van der Waals surface area contributed by atoms with Gasteiger partial charge in [0.1, 0.15) is 5.69 Å². The number of H-pyrrole nitrogens is 1. The van der Waals surface area contributed by atoms with Gasteiger partial charge in [-0.2, -0.15) is 0 Å². The molecule has 0 amide bonds. The van der Waals surface area contributed by atoms with Crippen LogP contribution >= 0.6 is 11.6 Å². The zero-order chi connectivity index (χ0) is 15.0. The quantitative estimate of drug-likeness (QED) is 0.720. The van der Waals surface area contributed by atoms with Crippen LogP contribution in [0, 0.1) is 0 Å². The van der Waals surface area contributed by atoms with Crippen molar-refractivity contribution < 1.29 is 4.79 Å². The monoisotopic (exact) mass is 298 g/mol. The molecule has 2 aromatic heterocycles. The lowest BCUT2D eigenvalue weighted by molar-refractivity contribution is 0.103. The smallest absolute Gasteiger partial charge is 0.227 e. The minimum Gasteiger partial charge on any atom is -0.352 e. The summed E-state index contributed by atoms with van der Waals surface area (Å²) >= 11 is 5.96. The number of fused-ring (bicyclic) bond motifs is 1. The van der Waals surface area contributed by atoms with Crippen molar-refractivity contribution >= 4 is 28.3 Å². The van der Waals surface area contributed by atoms with Gasteiger partial charge in [-0.1, -0.05) is 31.5 Å². The van der Waals surface area contributed by atoms with Crippen LogP contribution in [0.15, 0.2) is 42.6 Å². The summed E-state index contributed by atoms with van der Waals surface area (Å²) in [6.07, 6.45) is 1.68. The van der Waals surface area contributed by atoms with E-state index in [4.69, 9.17) is 11.6 Å². The predicted octanol–water partition coefficient (Wildman–Crippen LogP) is 4.57. The van der Waals surface area contributed by atoms with Crippen LogP contribution in [0.5, 0.6) is 0 Å². The molecule has 3 rings (SSSR count). The highest BCUT2D eigenvalue weighted by molar-refractivity contribution is 6.31. The van der Waals surface area contributed by atoms with Crippen LogP contribution in [-0.2, 0) is 0 Å². The van der Waals surface area contributed by atoms with Crippen molar-refractivity contribution in [3.05, 3.63) is 64.6 Å². The summed E-state index contributed by atoms with van der Waals surface area (Å²) in [6.45, 7) is 4.18. The third-order valence-corrected chi connectivity index (χ3v) is 3.75. The van der Waals surface area contributed by atoms with Gasteiger partial charge in [0.2, 0.25) is 5.78 Å². The van der Waals surface area contributed by atoms with E-state index in [1.54, 1.807) is 6.20 Å². The van der Waals surface area contributed by atoms with Crippen molar-refractivity contribution in [2.24, 2.45) is 0 Å². The van der Waals surface area contributed by atoms with E-state index in [1.807, 2.05) is 36.4 Å². The molecule has 0 spiro atoms. The maximum Gasteiger partial charge on any atom is 0.227 e. The number of carbonyl (C=O) groups is 1. The summed E-state index contributed by atoms with van der Waals surface area (Å²) in [6, 6.07) is 11.1. The molecule has 0 radical (unpaired) electrons. The molecule has 3 aromatic rings. The number of aromatic nitrogens is 2. The van der Waals surface area contributed by atoms with Crippen LogP contribution in [0.1, 0.15) is 41.5 Å². The summed E-state index contributed by atoms with van der Waals surface area (Å²) in [5.41, 5.74) is 2.94. The van der Waals surface area contributed by atoms with Crippen molar-refractivity contribution in [1.82, 2.24) is 9.97 Å². The number of pyridine rings is 1. The molecule has 0 atom stereocenters. The standard InChI is InChI=1S/C17H15ClN2O/c1-10(2)11-5-6-19-15(7-11)17(21)16-8-12-3-4-13(18)9-14(12)20-16/h3-10,20H,1-2H3. The topological polar surface area (TPSA) is 45.8 Å². The molecule has 0 aliphatic carbocycles. The van der Waals surface area contributed by atoms with Crippen LogP contribution in [-0.4, -0.2) is 15.8 Å². The first kappa shape index (κ1) is 13.8. The van der Waals surface area contributed by atoms with E-state index in [0.717, 1.165) is 16.5 Å². The van der Waals surface area contributed by atoms with E-state index in [2.05, 4.69) is 23.8 Å². The number of nitrogens with zero attached hydrogens (tertiary/aromatic N) is 1. The van der Waals surface area contributed by atoms with E-state index in [1.165, 1.54) is 0 Å². The molecule has 0 unspecified atom stereocenters. The second kappa shape index (κ2) is 5.34. The van der Waals surface area contributed by atoms with Gasteiger partial charge in [0.25, 0.3) is 0 Å². The van der Waals surface area contributed by atoms with E-state index in [9.17, 15) is 4.79 Å². The van der Waals surface area contributed by atoms with Gasteiger partial charge in [-0.15, -0.1) is 0 Å². The van der Waals surface area contributed by atoms with Crippen LogP contribution in [0.2, 0.25) is 5.02 Å². The number of aromatic amines is 1. The van der Waals surface area contributed by atoms with E-state index >= 15 is 0 Å². The summed E-state index contributed by atoms with van der Waals surface area (Å²) in [5.74, 6) is 0.255. The minimum absolute atomic E-state index is 0.107. The van der Waals surface area contributed by atoms with Gasteiger partial charge in [-0.3, -0.25) is 9.78 Å². The molecule has 1 N–H and O–H groups in total. The summed E-state index contributed by atoms with van der Waals surface area (Å²) in [5, 5.41) is 1.60. The Bertz CT molecular complexity index is 821. The predicted molar refractivity (Wildman–Crippen MR) is 85.1 cm³/mol. The Hall–Kier alpha value is -2.13. The summed E-state index contributed by atoms with van der Waals surface area (Å²) in [7, 11) is 0. The van der Waals surface area contributed by atoms with Gasteiger partial charge in [0, 0.05) is 22.1 Å². The van der Waals surface area contributed by atoms with Crippen molar-refractivity contribution in [2.75, 3.05) is 0 Å². The molecule has 0 bridgehead atoms. The lowest BCUT2D eigenvalue weighted by atomic mass is 10.0. The van der Waals surface area contributed by atoms with Gasteiger partial charge < -0.3 is 4.98 Å². The zero-order valence-corrected chi connectivity index (χ0v) is 12.6. The van der Waals surface area contributed by atoms with Gasteiger partial charge in [-0.25, -0.2) is 0 Å². The van der Waals surface area contributed by atoms with E-state index in [-0.39, 0.29) is 5.78 Å². The maximum absolute atomic E-state index is 12.5. The molecular formula is C17H15ClN2O. The lowest BCUT2D eigenvalue weighted by Crippen LogP contribution is -2.05. The summed E-state index contributed by atoms with van der Waals surface area (Å²) < 4.78 is 0. The first-order valence-corrected chi connectivity index (χ1v) is 7.21. The maximum atomic E-state index is 12.5. The minimum atomic E-state index is -0.107. The second-order valence-electron chi connectivity index (χ2n) is 5.37. The third kappa shape index (κ3) is 2.69. The number of benzene rings is 1. The third-order valence-electron chi connectivity index (χ3n) is 3.51. The summed E-state index contributed by atoms with van der Waals surface area (Å²) in [4.78, 5) is 19.8. The van der Waals surface area contributed by atoms with Crippen molar-refractivity contribution in [3.8, 4) is 0 Å². The number of rotatable bonds is 3. The largest absolute Gasteiger partial charge is 0.352 e. The van der Waals surface area contributed by atoms with Crippen LogP contribution in [0.4, 0.5) is 0 Å². The highest BCUT2D eigenvalue weighted by Gasteiger charge is 2.14. The molecular weight excluding hydrogens is 284 g/mol. The van der Waals surface area contributed by atoms with Crippen molar-refractivity contribution in [1.29, 1.82) is 0 Å². The molecule has 0 fully saturated rings. The molecule has 106 valence electrons. The van der Waals surface area contributed by atoms with Crippen LogP contribution in [0.25, 0.3) is 10.9 Å². The number of nitrogens with one attached hydrogen (secondary N) is 1. The first-order chi connectivity index (χ1) is 10.0.